The molecule has 4 heteroatoms. The maximum absolute atomic E-state index is 12.0. The van der Waals surface area contributed by atoms with E-state index in [1.165, 1.54) is 57.8 Å². The fraction of sp³-hybridized carbons (Fsp3) is 0.684. The first-order valence-electron chi connectivity index (χ1n) is 9.21. The van der Waals surface area contributed by atoms with Gasteiger partial charge in [-0.2, -0.15) is 0 Å². The van der Waals surface area contributed by atoms with E-state index in [1.54, 1.807) is 24.3 Å². The van der Waals surface area contributed by atoms with Crippen molar-refractivity contribution < 1.29 is 8.42 Å². The molecule has 0 amide bonds. The molecule has 1 N–H and O–H groups in total. The molecule has 1 rings (SSSR count). The van der Waals surface area contributed by atoms with Gasteiger partial charge in [-0.05, 0) is 18.6 Å². The lowest BCUT2D eigenvalue weighted by molar-refractivity contribution is 0.544. The van der Waals surface area contributed by atoms with Crippen molar-refractivity contribution in [3.63, 3.8) is 0 Å². The van der Waals surface area contributed by atoms with E-state index in [0.29, 0.717) is 11.4 Å². The Labute approximate surface area is 142 Å². The molecule has 1 aromatic carbocycles. The summed E-state index contributed by atoms with van der Waals surface area (Å²) in [4.78, 5) is 0.350. The van der Waals surface area contributed by atoms with Crippen LogP contribution in [0.5, 0.6) is 0 Å². The van der Waals surface area contributed by atoms with Crippen molar-refractivity contribution in [2.24, 2.45) is 0 Å². The van der Waals surface area contributed by atoms with E-state index < -0.39 is 10.0 Å². The summed E-state index contributed by atoms with van der Waals surface area (Å²) in [6, 6.07) is 8.57. The Morgan fingerprint density at radius 2 is 1.22 bits per heavy atom. The molecular formula is C19H33NO2S. The lowest BCUT2D eigenvalue weighted by Gasteiger charge is -2.06. The summed E-state index contributed by atoms with van der Waals surface area (Å²) < 4.78 is 26.7. The third-order valence-electron chi connectivity index (χ3n) is 4.13. The van der Waals surface area contributed by atoms with Crippen LogP contribution in [-0.2, 0) is 10.0 Å². The zero-order valence-electron chi connectivity index (χ0n) is 14.6. The van der Waals surface area contributed by atoms with Gasteiger partial charge in [-0.15, -0.1) is 0 Å². The molecule has 3 nitrogen and oxygen atoms in total. The zero-order valence-corrected chi connectivity index (χ0v) is 15.4. The number of benzene rings is 1. The highest BCUT2D eigenvalue weighted by molar-refractivity contribution is 7.89. The Morgan fingerprint density at radius 3 is 1.74 bits per heavy atom. The standard InChI is InChI=1S/C19H33NO2S/c1-2-3-4-5-6-7-8-9-10-11-15-18-20-23(21,22)19-16-13-12-14-17-19/h12-14,16-17,20H,2-11,15,18H2,1H3. The Balaban J connectivity index is 1.96. The summed E-state index contributed by atoms with van der Waals surface area (Å²) >= 11 is 0. The molecule has 0 aliphatic carbocycles. The molecule has 0 aromatic heterocycles. The van der Waals surface area contributed by atoms with Gasteiger partial charge in [-0.1, -0.05) is 89.3 Å². The highest BCUT2D eigenvalue weighted by Gasteiger charge is 2.11. The van der Waals surface area contributed by atoms with E-state index in [2.05, 4.69) is 11.6 Å². The minimum atomic E-state index is -3.32. The van der Waals surface area contributed by atoms with Gasteiger partial charge in [-0.25, -0.2) is 13.1 Å². The van der Waals surface area contributed by atoms with Crippen molar-refractivity contribution in [1.29, 1.82) is 0 Å². The second-order valence-electron chi connectivity index (χ2n) is 6.25. The number of nitrogens with one attached hydrogen (secondary N) is 1. The summed E-state index contributed by atoms with van der Waals surface area (Å²) in [5, 5.41) is 0. The Kier molecular flexibility index (Phi) is 11.0. The van der Waals surface area contributed by atoms with Crippen LogP contribution in [0.4, 0.5) is 0 Å². The molecule has 0 unspecified atom stereocenters. The summed E-state index contributed by atoms with van der Waals surface area (Å²) in [6.07, 6.45) is 14.0. The van der Waals surface area contributed by atoms with E-state index in [0.717, 1.165) is 12.8 Å². The Bertz CT molecular complexity index is 485. The maximum Gasteiger partial charge on any atom is 0.240 e. The fourth-order valence-corrected chi connectivity index (χ4v) is 3.77. The largest absolute Gasteiger partial charge is 0.240 e. The quantitative estimate of drug-likeness (QED) is 0.469. The van der Waals surface area contributed by atoms with Gasteiger partial charge in [0.05, 0.1) is 4.90 Å². The normalized spacial score (nSPS) is 11.7. The minimum absolute atomic E-state index is 0.350. The Hall–Kier alpha value is -0.870. The van der Waals surface area contributed by atoms with Crippen LogP contribution in [0.2, 0.25) is 0 Å². The van der Waals surface area contributed by atoms with Crippen molar-refractivity contribution in [3.8, 4) is 0 Å². The molecule has 0 fully saturated rings. The molecule has 0 heterocycles. The smallest absolute Gasteiger partial charge is 0.211 e. The highest BCUT2D eigenvalue weighted by atomic mass is 32.2. The highest BCUT2D eigenvalue weighted by Crippen LogP contribution is 2.11. The number of hydrogen-bond donors (Lipinski definition) is 1. The lowest BCUT2D eigenvalue weighted by atomic mass is 10.1. The molecule has 0 bridgehead atoms. The SMILES string of the molecule is CCCCCCCCCCCCCNS(=O)(=O)c1ccccc1. The monoisotopic (exact) mass is 339 g/mol. The van der Waals surface area contributed by atoms with Crippen LogP contribution in [0.15, 0.2) is 35.2 Å². The van der Waals surface area contributed by atoms with Gasteiger partial charge in [0.2, 0.25) is 10.0 Å². The Morgan fingerprint density at radius 1 is 0.739 bits per heavy atom. The third-order valence-corrected chi connectivity index (χ3v) is 5.60. The van der Waals surface area contributed by atoms with Gasteiger partial charge in [0.15, 0.2) is 0 Å². The molecule has 0 aliphatic rings. The van der Waals surface area contributed by atoms with Crippen molar-refractivity contribution in [1.82, 2.24) is 4.72 Å². The number of unbranched alkanes of at least 4 members (excludes halogenated alkanes) is 10. The molecule has 0 aliphatic heterocycles. The zero-order chi connectivity index (χ0) is 16.8. The third kappa shape index (κ3) is 9.77. The van der Waals surface area contributed by atoms with Gasteiger partial charge in [-0.3, -0.25) is 0 Å². The van der Waals surface area contributed by atoms with Crippen molar-refractivity contribution in [3.05, 3.63) is 30.3 Å². The summed E-state index contributed by atoms with van der Waals surface area (Å²) in [5.41, 5.74) is 0. The van der Waals surface area contributed by atoms with Crippen molar-refractivity contribution in [2.75, 3.05) is 6.54 Å². The van der Waals surface area contributed by atoms with Crippen LogP contribution in [0, 0.1) is 0 Å². The number of sulfonamides is 1. The molecule has 0 radical (unpaired) electrons. The van der Waals surface area contributed by atoms with Crippen molar-refractivity contribution >= 4 is 10.0 Å². The summed E-state index contributed by atoms with van der Waals surface area (Å²) in [5.74, 6) is 0. The van der Waals surface area contributed by atoms with E-state index >= 15 is 0 Å². The first kappa shape index (κ1) is 20.2. The second kappa shape index (κ2) is 12.5. The van der Waals surface area contributed by atoms with Gasteiger partial charge < -0.3 is 0 Å². The average molecular weight is 340 g/mol. The molecule has 132 valence electrons. The van der Waals surface area contributed by atoms with Crippen LogP contribution >= 0.6 is 0 Å². The maximum atomic E-state index is 12.0. The van der Waals surface area contributed by atoms with Gasteiger partial charge in [0, 0.05) is 6.54 Å². The van der Waals surface area contributed by atoms with E-state index in [4.69, 9.17) is 0 Å². The van der Waals surface area contributed by atoms with Crippen LogP contribution < -0.4 is 4.72 Å². The lowest BCUT2D eigenvalue weighted by Crippen LogP contribution is -2.24. The molecule has 0 saturated carbocycles. The molecular weight excluding hydrogens is 306 g/mol. The molecule has 23 heavy (non-hydrogen) atoms. The molecule has 0 atom stereocenters. The van der Waals surface area contributed by atoms with Crippen LogP contribution in [0.1, 0.15) is 77.6 Å². The van der Waals surface area contributed by atoms with Crippen LogP contribution in [-0.4, -0.2) is 15.0 Å². The van der Waals surface area contributed by atoms with E-state index in [-0.39, 0.29) is 0 Å². The predicted molar refractivity (Wildman–Crippen MR) is 98.1 cm³/mol. The second-order valence-corrected chi connectivity index (χ2v) is 8.01. The van der Waals surface area contributed by atoms with Crippen LogP contribution in [0.25, 0.3) is 0 Å². The van der Waals surface area contributed by atoms with Crippen molar-refractivity contribution in [2.45, 2.75) is 82.4 Å². The molecule has 0 saturated heterocycles. The predicted octanol–water partition coefficient (Wildman–Crippen LogP) is 5.28. The van der Waals surface area contributed by atoms with Gasteiger partial charge >= 0.3 is 0 Å². The van der Waals surface area contributed by atoms with E-state index in [9.17, 15) is 8.42 Å². The summed E-state index contributed by atoms with van der Waals surface area (Å²) in [6.45, 7) is 2.79. The molecule has 1 aromatic rings. The average Bonchev–Trinajstić information content (AvgIpc) is 2.56. The molecule has 0 spiro atoms. The number of rotatable bonds is 14. The first-order valence-corrected chi connectivity index (χ1v) is 10.7. The van der Waals surface area contributed by atoms with Gasteiger partial charge in [0.1, 0.15) is 0 Å². The van der Waals surface area contributed by atoms with Crippen LogP contribution in [0.3, 0.4) is 0 Å². The first-order chi connectivity index (χ1) is 11.2. The number of hydrogen-bond acceptors (Lipinski definition) is 2. The van der Waals surface area contributed by atoms with Gasteiger partial charge in [0.25, 0.3) is 0 Å². The minimum Gasteiger partial charge on any atom is -0.211 e. The fourth-order valence-electron chi connectivity index (χ4n) is 2.68. The topological polar surface area (TPSA) is 46.2 Å². The summed E-state index contributed by atoms with van der Waals surface area (Å²) in [7, 11) is -3.32. The van der Waals surface area contributed by atoms with E-state index in [1.807, 2.05) is 6.07 Å².